The third kappa shape index (κ3) is 3.97. The molecule has 15 heavy (non-hydrogen) atoms. The number of aromatic nitrogens is 2. The van der Waals surface area contributed by atoms with E-state index in [1.165, 1.54) is 0 Å². The van der Waals surface area contributed by atoms with Crippen molar-refractivity contribution >= 4 is 0 Å². The quantitative estimate of drug-likeness (QED) is 0.760. The number of aryl methyl sites for hydroxylation is 1. The molecule has 1 aromatic rings. The summed E-state index contributed by atoms with van der Waals surface area (Å²) in [6, 6.07) is 0. The third-order valence-corrected chi connectivity index (χ3v) is 2.23. The molecule has 0 aromatic carbocycles. The maximum absolute atomic E-state index is 5.47. The highest BCUT2D eigenvalue weighted by atomic mass is 16.5. The fourth-order valence-corrected chi connectivity index (χ4v) is 1.15. The van der Waals surface area contributed by atoms with Gasteiger partial charge in [0.2, 0.25) is 11.8 Å². The molecule has 0 saturated heterocycles. The van der Waals surface area contributed by atoms with Gasteiger partial charge in [0.1, 0.15) is 0 Å². The average Bonchev–Trinajstić information content (AvgIpc) is 2.62. The molecular weight excluding hydrogens is 194 g/mol. The molecule has 0 amide bonds. The maximum atomic E-state index is 5.47. The summed E-state index contributed by atoms with van der Waals surface area (Å²) in [5.74, 6) is 1.27. The van der Waals surface area contributed by atoms with Crippen LogP contribution in [0.2, 0.25) is 0 Å². The van der Waals surface area contributed by atoms with Gasteiger partial charge in [-0.3, -0.25) is 0 Å². The zero-order valence-corrected chi connectivity index (χ0v) is 9.62. The van der Waals surface area contributed by atoms with Crippen LogP contribution >= 0.6 is 0 Å². The standard InChI is InChI=1S/C10H19N3O2/c1-10(2,14-3)7-9-13-12-8(15-9)5-4-6-11/h4-7,11H2,1-3H3. The number of nitrogens with zero attached hydrogens (tertiary/aromatic N) is 2. The number of rotatable bonds is 6. The fourth-order valence-electron chi connectivity index (χ4n) is 1.15. The number of ether oxygens (including phenoxy) is 1. The van der Waals surface area contributed by atoms with E-state index < -0.39 is 0 Å². The Kier molecular flexibility index (Phi) is 4.23. The summed E-state index contributed by atoms with van der Waals surface area (Å²) < 4.78 is 10.7. The molecule has 0 radical (unpaired) electrons. The van der Waals surface area contributed by atoms with Gasteiger partial charge in [0.15, 0.2) is 0 Å². The van der Waals surface area contributed by atoms with Crippen LogP contribution in [0.4, 0.5) is 0 Å². The Bertz CT molecular complexity index is 297. The van der Waals surface area contributed by atoms with E-state index in [0.717, 1.165) is 12.8 Å². The first kappa shape index (κ1) is 12.1. The van der Waals surface area contributed by atoms with Crippen molar-refractivity contribution < 1.29 is 9.15 Å². The number of methoxy groups -OCH3 is 1. The average molecular weight is 213 g/mol. The van der Waals surface area contributed by atoms with Crippen LogP contribution in [0.3, 0.4) is 0 Å². The molecule has 0 aliphatic rings. The van der Waals surface area contributed by atoms with Gasteiger partial charge in [-0.1, -0.05) is 0 Å². The van der Waals surface area contributed by atoms with E-state index in [2.05, 4.69) is 10.2 Å². The third-order valence-electron chi connectivity index (χ3n) is 2.23. The SMILES string of the molecule is COC(C)(C)Cc1nnc(CCCN)o1. The molecule has 1 heterocycles. The van der Waals surface area contributed by atoms with Crippen LogP contribution in [-0.4, -0.2) is 29.5 Å². The maximum Gasteiger partial charge on any atom is 0.219 e. The highest BCUT2D eigenvalue weighted by molar-refractivity contribution is 4.88. The lowest BCUT2D eigenvalue weighted by atomic mass is 10.1. The van der Waals surface area contributed by atoms with Crippen LogP contribution in [0, 0.1) is 0 Å². The van der Waals surface area contributed by atoms with Crippen molar-refractivity contribution in [1.29, 1.82) is 0 Å². The van der Waals surface area contributed by atoms with Crippen LogP contribution in [0.25, 0.3) is 0 Å². The molecule has 0 aliphatic carbocycles. The van der Waals surface area contributed by atoms with Crippen LogP contribution in [-0.2, 0) is 17.6 Å². The Morgan fingerprint density at radius 3 is 2.60 bits per heavy atom. The largest absolute Gasteiger partial charge is 0.425 e. The van der Waals surface area contributed by atoms with E-state index in [1.54, 1.807) is 7.11 Å². The second-order valence-corrected chi connectivity index (χ2v) is 4.12. The minimum absolute atomic E-state index is 0.266. The van der Waals surface area contributed by atoms with Crippen molar-refractivity contribution in [3.8, 4) is 0 Å². The Morgan fingerprint density at radius 2 is 2.00 bits per heavy atom. The Morgan fingerprint density at radius 1 is 1.33 bits per heavy atom. The predicted octanol–water partition coefficient (Wildman–Crippen LogP) is 0.928. The lowest BCUT2D eigenvalue weighted by Crippen LogP contribution is -2.25. The van der Waals surface area contributed by atoms with Gasteiger partial charge in [0, 0.05) is 13.5 Å². The van der Waals surface area contributed by atoms with Crippen molar-refractivity contribution in [2.75, 3.05) is 13.7 Å². The molecule has 0 spiro atoms. The number of hydrogen-bond donors (Lipinski definition) is 1. The zero-order chi connectivity index (χ0) is 11.3. The number of hydrogen-bond acceptors (Lipinski definition) is 5. The van der Waals surface area contributed by atoms with E-state index in [9.17, 15) is 0 Å². The minimum Gasteiger partial charge on any atom is -0.425 e. The van der Waals surface area contributed by atoms with Crippen molar-refractivity contribution in [1.82, 2.24) is 10.2 Å². The summed E-state index contributed by atoms with van der Waals surface area (Å²) in [6.07, 6.45) is 2.24. The molecule has 0 aliphatic heterocycles. The molecule has 0 fully saturated rings. The van der Waals surface area contributed by atoms with Gasteiger partial charge in [-0.05, 0) is 26.8 Å². The molecule has 1 rings (SSSR count). The Hall–Kier alpha value is -0.940. The van der Waals surface area contributed by atoms with Gasteiger partial charge >= 0.3 is 0 Å². The van der Waals surface area contributed by atoms with Crippen LogP contribution < -0.4 is 5.73 Å². The van der Waals surface area contributed by atoms with Gasteiger partial charge < -0.3 is 14.9 Å². The van der Waals surface area contributed by atoms with Crippen LogP contribution in [0.5, 0.6) is 0 Å². The van der Waals surface area contributed by atoms with Crippen molar-refractivity contribution in [2.24, 2.45) is 5.73 Å². The van der Waals surface area contributed by atoms with Crippen molar-refractivity contribution in [3.63, 3.8) is 0 Å². The van der Waals surface area contributed by atoms with Crippen molar-refractivity contribution in [2.45, 2.75) is 38.7 Å². The Labute approximate surface area is 90.0 Å². The fraction of sp³-hybridized carbons (Fsp3) is 0.800. The van der Waals surface area contributed by atoms with Crippen LogP contribution in [0.15, 0.2) is 4.42 Å². The molecule has 0 atom stereocenters. The summed E-state index contributed by atoms with van der Waals surface area (Å²) >= 11 is 0. The zero-order valence-electron chi connectivity index (χ0n) is 9.62. The molecule has 0 unspecified atom stereocenters. The molecule has 0 bridgehead atoms. The lowest BCUT2D eigenvalue weighted by Gasteiger charge is -2.20. The van der Waals surface area contributed by atoms with E-state index in [0.29, 0.717) is 24.7 Å². The summed E-state index contributed by atoms with van der Waals surface area (Å²) in [5, 5.41) is 7.91. The van der Waals surface area contributed by atoms with Gasteiger partial charge in [0.25, 0.3) is 0 Å². The summed E-state index contributed by atoms with van der Waals surface area (Å²) in [6.45, 7) is 4.61. The second kappa shape index (κ2) is 5.23. The first-order valence-corrected chi connectivity index (χ1v) is 5.14. The van der Waals surface area contributed by atoms with Gasteiger partial charge in [-0.15, -0.1) is 10.2 Å². The summed E-state index contributed by atoms with van der Waals surface area (Å²) in [5.41, 5.74) is 5.13. The monoisotopic (exact) mass is 213 g/mol. The van der Waals surface area contributed by atoms with Crippen molar-refractivity contribution in [3.05, 3.63) is 11.8 Å². The Balaban J connectivity index is 2.52. The molecule has 5 heteroatoms. The molecular formula is C10H19N3O2. The molecule has 86 valence electrons. The highest BCUT2D eigenvalue weighted by Gasteiger charge is 2.20. The minimum atomic E-state index is -0.266. The summed E-state index contributed by atoms with van der Waals surface area (Å²) in [4.78, 5) is 0. The number of nitrogens with two attached hydrogens (primary N) is 1. The lowest BCUT2D eigenvalue weighted by molar-refractivity contribution is 0.0179. The predicted molar refractivity (Wildman–Crippen MR) is 56.5 cm³/mol. The van der Waals surface area contributed by atoms with E-state index in [1.807, 2.05) is 13.8 Å². The first-order chi connectivity index (χ1) is 7.07. The van der Waals surface area contributed by atoms with Crippen LogP contribution in [0.1, 0.15) is 32.0 Å². The van der Waals surface area contributed by atoms with Gasteiger partial charge in [-0.2, -0.15) is 0 Å². The molecule has 0 saturated carbocycles. The smallest absolute Gasteiger partial charge is 0.219 e. The van der Waals surface area contributed by atoms with E-state index in [-0.39, 0.29) is 5.60 Å². The topological polar surface area (TPSA) is 74.2 Å². The first-order valence-electron chi connectivity index (χ1n) is 5.14. The van der Waals surface area contributed by atoms with E-state index >= 15 is 0 Å². The second-order valence-electron chi connectivity index (χ2n) is 4.12. The molecule has 5 nitrogen and oxygen atoms in total. The highest BCUT2D eigenvalue weighted by Crippen LogP contribution is 2.15. The van der Waals surface area contributed by atoms with E-state index in [4.69, 9.17) is 14.9 Å². The normalized spacial score (nSPS) is 12.0. The summed E-state index contributed by atoms with van der Waals surface area (Å²) in [7, 11) is 1.67. The van der Waals surface area contributed by atoms with Gasteiger partial charge in [0.05, 0.1) is 12.0 Å². The molecule has 1 aromatic heterocycles. The van der Waals surface area contributed by atoms with Gasteiger partial charge in [-0.25, -0.2) is 0 Å². The molecule has 2 N–H and O–H groups in total.